The summed E-state index contributed by atoms with van der Waals surface area (Å²) < 4.78 is 0. The second kappa shape index (κ2) is 7.50. The van der Waals surface area contributed by atoms with Gasteiger partial charge >= 0.3 is 0 Å². The van der Waals surface area contributed by atoms with E-state index in [2.05, 4.69) is 41.7 Å². The summed E-state index contributed by atoms with van der Waals surface area (Å²) in [5.41, 5.74) is 4.45. The molecule has 0 amide bonds. The third-order valence-corrected chi connectivity index (χ3v) is 5.55. The van der Waals surface area contributed by atoms with Crippen molar-refractivity contribution in [2.45, 2.75) is 25.7 Å². The standard InChI is InChI=1S/C21H23N7/c1-2-4-18-17(3-1)11-20(26-24-18)23-12-15-13-28(14-15)21-6-5-19(25-27-21)16-7-9-22-10-8-16/h5-11,15H,1-4,12-14H2,(H,23,26). The number of aryl methyl sites for hydroxylation is 2. The highest BCUT2D eigenvalue weighted by molar-refractivity contribution is 5.59. The fraction of sp³-hybridized carbons (Fsp3) is 0.381. The molecule has 2 aliphatic rings. The van der Waals surface area contributed by atoms with Gasteiger partial charge in [-0.05, 0) is 61.6 Å². The van der Waals surface area contributed by atoms with Crippen molar-refractivity contribution in [3.63, 3.8) is 0 Å². The number of nitrogens with one attached hydrogen (secondary N) is 1. The molecular formula is C21H23N7. The fourth-order valence-corrected chi connectivity index (χ4v) is 3.88. The summed E-state index contributed by atoms with van der Waals surface area (Å²) in [6.45, 7) is 2.87. The van der Waals surface area contributed by atoms with Crippen LogP contribution in [0.3, 0.4) is 0 Å². The smallest absolute Gasteiger partial charge is 0.151 e. The molecule has 5 rings (SSSR count). The van der Waals surface area contributed by atoms with Crippen LogP contribution in [0.4, 0.5) is 11.6 Å². The molecule has 0 saturated carbocycles. The molecule has 3 aromatic rings. The van der Waals surface area contributed by atoms with Crippen LogP contribution in [0.25, 0.3) is 11.3 Å². The lowest BCUT2D eigenvalue weighted by atomic mass is 9.96. The predicted octanol–water partition coefficient (Wildman–Crippen LogP) is 2.76. The Morgan fingerprint density at radius 1 is 0.929 bits per heavy atom. The van der Waals surface area contributed by atoms with Crippen LogP contribution in [0.5, 0.6) is 0 Å². The van der Waals surface area contributed by atoms with E-state index in [1.54, 1.807) is 12.4 Å². The second-order valence-electron chi connectivity index (χ2n) is 7.57. The van der Waals surface area contributed by atoms with Crippen molar-refractivity contribution >= 4 is 11.6 Å². The van der Waals surface area contributed by atoms with Crippen LogP contribution in [0.2, 0.25) is 0 Å². The fourth-order valence-electron chi connectivity index (χ4n) is 3.88. The van der Waals surface area contributed by atoms with E-state index in [4.69, 9.17) is 0 Å². The Morgan fingerprint density at radius 3 is 2.61 bits per heavy atom. The lowest BCUT2D eigenvalue weighted by Gasteiger charge is -2.40. The topological polar surface area (TPSA) is 79.7 Å². The quantitative estimate of drug-likeness (QED) is 0.736. The summed E-state index contributed by atoms with van der Waals surface area (Å²) in [7, 11) is 0. The van der Waals surface area contributed by atoms with E-state index in [0.717, 1.165) is 55.4 Å². The van der Waals surface area contributed by atoms with Gasteiger partial charge in [-0.1, -0.05) is 0 Å². The van der Waals surface area contributed by atoms with Gasteiger partial charge < -0.3 is 10.2 Å². The first-order valence-electron chi connectivity index (χ1n) is 9.93. The maximum atomic E-state index is 4.39. The molecule has 1 aliphatic heterocycles. The number of hydrogen-bond acceptors (Lipinski definition) is 7. The summed E-state index contributed by atoms with van der Waals surface area (Å²) >= 11 is 0. The summed E-state index contributed by atoms with van der Waals surface area (Å²) in [5, 5.41) is 20.9. The first-order chi connectivity index (χ1) is 13.8. The minimum atomic E-state index is 0.583. The number of anilines is 2. The summed E-state index contributed by atoms with van der Waals surface area (Å²) in [5.74, 6) is 2.42. The van der Waals surface area contributed by atoms with Gasteiger partial charge in [0.05, 0.1) is 11.4 Å². The molecule has 3 aromatic heterocycles. The SMILES string of the molecule is c1cc(-c2ccc(N3CC(CNc4cc5c(nn4)CCCC5)C3)nn2)ccn1. The van der Waals surface area contributed by atoms with Crippen LogP contribution >= 0.6 is 0 Å². The third-order valence-electron chi connectivity index (χ3n) is 5.55. The summed E-state index contributed by atoms with van der Waals surface area (Å²) in [6, 6.07) is 10.1. The average Bonchev–Trinajstić information content (AvgIpc) is 2.73. The highest BCUT2D eigenvalue weighted by Gasteiger charge is 2.28. The first kappa shape index (κ1) is 17.0. The molecule has 0 radical (unpaired) electrons. The van der Waals surface area contributed by atoms with E-state index in [-0.39, 0.29) is 0 Å². The predicted molar refractivity (Wildman–Crippen MR) is 108 cm³/mol. The molecule has 0 spiro atoms. The zero-order chi connectivity index (χ0) is 18.8. The third kappa shape index (κ3) is 3.52. The van der Waals surface area contributed by atoms with E-state index < -0.39 is 0 Å². The van der Waals surface area contributed by atoms with Crippen LogP contribution in [0.1, 0.15) is 24.1 Å². The Bertz CT molecular complexity index is 937. The molecule has 0 bridgehead atoms. The van der Waals surface area contributed by atoms with Crippen LogP contribution in [0, 0.1) is 5.92 Å². The number of nitrogens with zero attached hydrogens (tertiary/aromatic N) is 6. The maximum Gasteiger partial charge on any atom is 0.151 e. The van der Waals surface area contributed by atoms with E-state index in [9.17, 15) is 0 Å². The summed E-state index contributed by atoms with van der Waals surface area (Å²) in [6.07, 6.45) is 8.23. The Balaban J connectivity index is 1.14. The van der Waals surface area contributed by atoms with Gasteiger partial charge in [0.1, 0.15) is 5.82 Å². The minimum absolute atomic E-state index is 0.583. The molecule has 142 valence electrons. The number of pyridine rings is 1. The number of hydrogen-bond donors (Lipinski definition) is 1. The van der Waals surface area contributed by atoms with E-state index in [1.807, 2.05) is 24.3 Å². The van der Waals surface area contributed by atoms with Crippen molar-refractivity contribution in [3.05, 3.63) is 54.0 Å². The molecule has 7 nitrogen and oxygen atoms in total. The van der Waals surface area contributed by atoms with Crippen LogP contribution < -0.4 is 10.2 Å². The highest BCUT2D eigenvalue weighted by Crippen LogP contribution is 2.25. The van der Waals surface area contributed by atoms with Gasteiger partial charge in [-0.15, -0.1) is 15.3 Å². The Labute approximate surface area is 164 Å². The van der Waals surface area contributed by atoms with Gasteiger partial charge in [-0.3, -0.25) is 4.98 Å². The van der Waals surface area contributed by atoms with Crippen LogP contribution in [-0.2, 0) is 12.8 Å². The van der Waals surface area contributed by atoms with Gasteiger partial charge in [-0.2, -0.15) is 5.10 Å². The molecule has 1 N–H and O–H groups in total. The monoisotopic (exact) mass is 373 g/mol. The van der Waals surface area contributed by atoms with Crippen LogP contribution in [0.15, 0.2) is 42.7 Å². The van der Waals surface area contributed by atoms with E-state index in [0.29, 0.717) is 5.92 Å². The van der Waals surface area contributed by atoms with E-state index >= 15 is 0 Å². The molecule has 1 aliphatic carbocycles. The molecule has 4 heterocycles. The zero-order valence-electron chi connectivity index (χ0n) is 15.8. The Kier molecular flexibility index (Phi) is 4.56. The van der Waals surface area contributed by atoms with Crippen LogP contribution in [-0.4, -0.2) is 45.0 Å². The lowest BCUT2D eigenvalue weighted by Crippen LogP contribution is -2.50. The van der Waals surface area contributed by atoms with Crippen molar-refractivity contribution in [3.8, 4) is 11.3 Å². The Hall–Kier alpha value is -3.09. The van der Waals surface area contributed by atoms with Gasteiger partial charge in [0.25, 0.3) is 0 Å². The number of fused-ring (bicyclic) bond motifs is 1. The van der Waals surface area contributed by atoms with Crippen molar-refractivity contribution < 1.29 is 0 Å². The lowest BCUT2D eigenvalue weighted by molar-refractivity contribution is 0.425. The second-order valence-corrected chi connectivity index (χ2v) is 7.57. The molecular weight excluding hydrogens is 350 g/mol. The van der Waals surface area contributed by atoms with Gasteiger partial charge in [0.2, 0.25) is 0 Å². The molecule has 1 fully saturated rings. The average molecular weight is 373 g/mol. The minimum Gasteiger partial charge on any atom is -0.368 e. The van der Waals surface area contributed by atoms with Crippen molar-refractivity contribution in [2.75, 3.05) is 29.9 Å². The largest absolute Gasteiger partial charge is 0.368 e. The normalized spacial score (nSPS) is 16.4. The van der Waals surface area contributed by atoms with Gasteiger partial charge in [0, 0.05) is 43.5 Å². The number of aromatic nitrogens is 5. The molecule has 0 aromatic carbocycles. The van der Waals surface area contributed by atoms with Crippen molar-refractivity contribution in [1.29, 1.82) is 0 Å². The summed E-state index contributed by atoms with van der Waals surface area (Å²) in [4.78, 5) is 6.30. The molecule has 0 atom stereocenters. The molecule has 1 saturated heterocycles. The van der Waals surface area contributed by atoms with Gasteiger partial charge in [-0.25, -0.2) is 0 Å². The Morgan fingerprint density at radius 2 is 1.79 bits per heavy atom. The molecule has 28 heavy (non-hydrogen) atoms. The first-order valence-corrected chi connectivity index (χ1v) is 9.93. The van der Waals surface area contributed by atoms with Crippen molar-refractivity contribution in [1.82, 2.24) is 25.4 Å². The molecule has 0 unspecified atom stereocenters. The van der Waals surface area contributed by atoms with E-state index in [1.165, 1.54) is 24.1 Å². The van der Waals surface area contributed by atoms with Crippen molar-refractivity contribution in [2.24, 2.45) is 5.92 Å². The van der Waals surface area contributed by atoms with Gasteiger partial charge in [0.15, 0.2) is 5.82 Å². The highest BCUT2D eigenvalue weighted by atomic mass is 15.3. The molecule has 7 heteroatoms. The zero-order valence-corrected chi connectivity index (χ0v) is 15.8. The number of rotatable bonds is 5. The maximum absolute atomic E-state index is 4.39.